The summed E-state index contributed by atoms with van der Waals surface area (Å²) in [7, 11) is 0. The molecule has 0 unspecified atom stereocenters. The van der Waals surface area contributed by atoms with Crippen LogP contribution in [-0.2, 0) is 12.8 Å². The van der Waals surface area contributed by atoms with Crippen LogP contribution >= 0.6 is 11.6 Å². The van der Waals surface area contributed by atoms with Crippen molar-refractivity contribution in [3.8, 4) is 5.82 Å². The van der Waals surface area contributed by atoms with Crippen LogP contribution in [0.3, 0.4) is 0 Å². The second-order valence-electron chi connectivity index (χ2n) is 3.83. The summed E-state index contributed by atoms with van der Waals surface area (Å²) in [4.78, 5) is 4.25. The zero-order valence-corrected chi connectivity index (χ0v) is 10.7. The van der Waals surface area contributed by atoms with Gasteiger partial charge in [-0.15, -0.1) is 0 Å². The molecule has 0 spiro atoms. The van der Waals surface area contributed by atoms with Gasteiger partial charge >= 0.3 is 0 Å². The van der Waals surface area contributed by atoms with E-state index in [0.29, 0.717) is 16.7 Å². The fourth-order valence-corrected chi connectivity index (χ4v) is 1.92. The summed E-state index contributed by atoms with van der Waals surface area (Å²) in [5.41, 5.74) is 8.51. The van der Waals surface area contributed by atoms with Crippen molar-refractivity contribution in [1.29, 1.82) is 0 Å². The third kappa shape index (κ3) is 2.42. The van der Waals surface area contributed by atoms with Gasteiger partial charge in [-0.2, -0.15) is 5.10 Å². The second-order valence-corrected chi connectivity index (χ2v) is 4.21. The topological polar surface area (TPSA) is 56.7 Å². The number of pyridine rings is 1. The minimum atomic E-state index is 0.385. The molecule has 0 saturated carbocycles. The Morgan fingerprint density at radius 3 is 2.59 bits per heavy atom. The van der Waals surface area contributed by atoms with Crippen LogP contribution in [0.1, 0.15) is 25.2 Å². The molecule has 17 heavy (non-hydrogen) atoms. The van der Waals surface area contributed by atoms with Crippen molar-refractivity contribution >= 4 is 17.3 Å². The Morgan fingerprint density at radius 2 is 2.00 bits per heavy atom. The van der Waals surface area contributed by atoms with Crippen molar-refractivity contribution in [2.75, 3.05) is 5.73 Å². The van der Waals surface area contributed by atoms with Crippen molar-refractivity contribution in [1.82, 2.24) is 14.8 Å². The van der Waals surface area contributed by atoms with Gasteiger partial charge in [0.1, 0.15) is 5.15 Å². The second kappa shape index (κ2) is 4.75. The number of aromatic nitrogens is 3. The van der Waals surface area contributed by atoms with E-state index >= 15 is 0 Å². The molecule has 5 heteroatoms. The number of hydrogen-bond acceptors (Lipinski definition) is 3. The highest BCUT2D eigenvalue weighted by molar-refractivity contribution is 6.29. The van der Waals surface area contributed by atoms with Gasteiger partial charge in [0.15, 0.2) is 5.82 Å². The van der Waals surface area contributed by atoms with Crippen LogP contribution in [0.4, 0.5) is 5.69 Å². The maximum Gasteiger partial charge on any atom is 0.157 e. The van der Waals surface area contributed by atoms with E-state index in [9.17, 15) is 0 Å². The average molecular weight is 251 g/mol. The molecule has 0 aliphatic heterocycles. The van der Waals surface area contributed by atoms with E-state index in [1.165, 1.54) is 0 Å². The zero-order chi connectivity index (χ0) is 12.4. The van der Waals surface area contributed by atoms with Crippen LogP contribution in [0.15, 0.2) is 18.2 Å². The minimum Gasteiger partial charge on any atom is -0.399 e. The van der Waals surface area contributed by atoms with Gasteiger partial charge in [-0.1, -0.05) is 25.4 Å². The highest BCUT2D eigenvalue weighted by Gasteiger charge is 2.09. The SMILES string of the molecule is CCc1cc(CC)n(-c2cc(N)cc(Cl)n2)n1. The molecule has 0 atom stereocenters. The maximum absolute atomic E-state index is 5.90. The van der Waals surface area contributed by atoms with Crippen molar-refractivity contribution < 1.29 is 0 Å². The number of halogens is 1. The number of nitrogen functional groups attached to an aromatic ring is 1. The maximum atomic E-state index is 5.90. The third-order valence-corrected chi connectivity index (χ3v) is 2.77. The third-order valence-electron chi connectivity index (χ3n) is 2.58. The Morgan fingerprint density at radius 1 is 1.24 bits per heavy atom. The molecule has 0 bridgehead atoms. The Labute approximate surface area is 105 Å². The first-order chi connectivity index (χ1) is 8.13. The molecular formula is C12H15ClN4. The Kier molecular flexibility index (Phi) is 3.33. The van der Waals surface area contributed by atoms with E-state index in [-0.39, 0.29) is 0 Å². The predicted molar refractivity (Wildman–Crippen MR) is 69.5 cm³/mol. The summed E-state index contributed by atoms with van der Waals surface area (Å²) < 4.78 is 1.81. The average Bonchev–Trinajstić information content (AvgIpc) is 2.70. The lowest BCUT2D eigenvalue weighted by Gasteiger charge is -2.06. The van der Waals surface area contributed by atoms with E-state index in [4.69, 9.17) is 17.3 Å². The zero-order valence-electron chi connectivity index (χ0n) is 9.94. The van der Waals surface area contributed by atoms with Gasteiger partial charge in [-0.3, -0.25) is 0 Å². The minimum absolute atomic E-state index is 0.385. The summed E-state index contributed by atoms with van der Waals surface area (Å²) in [5.74, 6) is 0.673. The lowest BCUT2D eigenvalue weighted by Crippen LogP contribution is -2.05. The molecule has 2 aromatic heterocycles. The van der Waals surface area contributed by atoms with Crippen molar-refractivity contribution in [3.05, 3.63) is 34.7 Å². The number of nitrogens with zero attached hydrogens (tertiary/aromatic N) is 3. The van der Waals surface area contributed by atoms with Crippen LogP contribution in [-0.4, -0.2) is 14.8 Å². The molecule has 0 aliphatic rings. The van der Waals surface area contributed by atoms with Crippen molar-refractivity contribution in [3.63, 3.8) is 0 Å². The number of anilines is 1. The normalized spacial score (nSPS) is 10.8. The Bertz CT molecular complexity index is 513. The van der Waals surface area contributed by atoms with Crippen LogP contribution < -0.4 is 5.73 Å². The van der Waals surface area contributed by atoms with Crippen molar-refractivity contribution in [2.45, 2.75) is 26.7 Å². The fraction of sp³-hybridized carbons (Fsp3) is 0.333. The lowest BCUT2D eigenvalue weighted by atomic mass is 10.2. The summed E-state index contributed by atoms with van der Waals surface area (Å²) in [5, 5.41) is 4.88. The molecule has 2 N–H and O–H groups in total. The number of aryl methyl sites for hydroxylation is 2. The highest BCUT2D eigenvalue weighted by atomic mass is 35.5. The van der Waals surface area contributed by atoms with Gasteiger partial charge in [0.05, 0.1) is 5.69 Å². The smallest absolute Gasteiger partial charge is 0.157 e. The van der Waals surface area contributed by atoms with Gasteiger partial charge in [0, 0.05) is 17.4 Å². The molecule has 0 fully saturated rings. The highest BCUT2D eigenvalue weighted by Crippen LogP contribution is 2.18. The quantitative estimate of drug-likeness (QED) is 0.852. The molecule has 2 rings (SSSR count). The molecular weight excluding hydrogens is 236 g/mol. The summed E-state index contributed by atoms with van der Waals surface area (Å²) >= 11 is 5.90. The fourth-order valence-electron chi connectivity index (χ4n) is 1.71. The van der Waals surface area contributed by atoms with Crippen LogP contribution in [0, 0.1) is 0 Å². The molecule has 90 valence electrons. The van der Waals surface area contributed by atoms with Crippen LogP contribution in [0.5, 0.6) is 0 Å². The van der Waals surface area contributed by atoms with E-state index < -0.39 is 0 Å². The number of rotatable bonds is 3. The first-order valence-corrected chi connectivity index (χ1v) is 6.03. The van der Waals surface area contributed by atoms with Crippen LogP contribution in [0.2, 0.25) is 5.15 Å². The molecule has 0 saturated heterocycles. The Balaban J connectivity index is 2.54. The number of hydrogen-bond donors (Lipinski definition) is 1. The van der Waals surface area contributed by atoms with Gasteiger partial charge < -0.3 is 5.73 Å². The van der Waals surface area contributed by atoms with Crippen molar-refractivity contribution in [2.24, 2.45) is 0 Å². The predicted octanol–water partition coefficient (Wildman–Crippen LogP) is 2.63. The van der Waals surface area contributed by atoms with Gasteiger partial charge in [0.2, 0.25) is 0 Å². The molecule has 4 nitrogen and oxygen atoms in total. The van der Waals surface area contributed by atoms with E-state index in [2.05, 4.69) is 30.0 Å². The molecule has 2 heterocycles. The van der Waals surface area contributed by atoms with E-state index in [0.717, 1.165) is 24.2 Å². The van der Waals surface area contributed by atoms with Gasteiger partial charge in [0.25, 0.3) is 0 Å². The molecule has 0 radical (unpaired) electrons. The van der Waals surface area contributed by atoms with E-state index in [1.807, 2.05) is 0 Å². The van der Waals surface area contributed by atoms with Crippen LogP contribution in [0.25, 0.3) is 5.82 Å². The lowest BCUT2D eigenvalue weighted by molar-refractivity contribution is 0.773. The Hall–Kier alpha value is -1.55. The number of nitrogens with two attached hydrogens (primary N) is 1. The van der Waals surface area contributed by atoms with Gasteiger partial charge in [-0.25, -0.2) is 9.67 Å². The van der Waals surface area contributed by atoms with Gasteiger partial charge in [-0.05, 0) is 25.0 Å². The first kappa shape index (κ1) is 11.9. The molecule has 0 amide bonds. The monoisotopic (exact) mass is 250 g/mol. The molecule has 0 aromatic carbocycles. The molecule has 0 aliphatic carbocycles. The summed E-state index contributed by atoms with van der Waals surface area (Å²) in [6.45, 7) is 4.16. The molecule has 2 aromatic rings. The summed E-state index contributed by atoms with van der Waals surface area (Å²) in [6, 6.07) is 5.48. The van der Waals surface area contributed by atoms with E-state index in [1.54, 1.807) is 16.8 Å². The largest absolute Gasteiger partial charge is 0.399 e. The standard InChI is InChI=1S/C12H15ClN4/c1-3-9-7-10(4-2)17(16-9)12-6-8(14)5-11(13)15-12/h5-7H,3-4H2,1-2H3,(H2,14,15). The summed E-state index contributed by atoms with van der Waals surface area (Å²) in [6.07, 6.45) is 1.79. The first-order valence-electron chi connectivity index (χ1n) is 5.65.